The molecule has 18 heavy (non-hydrogen) atoms. The number of aromatic nitrogens is 1. The molecule has 6 nitrogen and oxygen atoms in total. The minimum absolute atomic E-state index is 0.197. The van der Waals surface area contributed by atoms with Crippen LogP contribution in [-0.4, -0.2) is 40.0 Å². The van der Waals surface area contributed by atoms with Gasteiger partial charge in [0.05, 0.1) is 5.92 Å². The summed E-state index contributed by atoms with van der Waals surface area (Å²) in [5.74, 6) is -1.50. The van der Waals surface area contributed by atoms with Crippen LogP contribution in [0.15, 0.2) is 5.38 Å². The number of carboxylic acid groups (broad SMARTS) is 1. The lowest BCUT2D eigenvalue weighted by molar-refractivity contribution is -0.143. The van der Waals surface area contributed by atoms with Gasteiger partial charge in [0.15, 0.2) is 0 Å². The molecular formula is C11H15N3O3S. The summed E-state index contributed by atoms with van der Waals surface area (Å²) in [6.45, 7) is 1.18. The molecule has 98 valence electrons. The summed E-state index contributed by atoms with van der Waals surface area (Å²) in [5.41, 5.74) is 5.82. The molecule has 2 heterocycles. The van der Waals surface area contributed by atoms with E-state index in [4.69, 9.17) is 10.8 Å². The van der Waals surface area contributed by atoms with Gasteiger partial charge in [-0.25, -0.2) is 4.98 Å². The van der Waals surface area contributed by atoms with Crippen molar-refractivity contribution in [2.24, 2.45) is 11.7 Å². The van der Waals surface area contributed by atoms with E-state index in [2.05, 4.69) is 4.98 Å². The van der Waals surface area contributed by atoms with Crippen LogP contribution in [-0.2, 0) is 11.3 Å². The minimum Gasteiger partial charge on any atom is -0.481 e. The molecule has 0 aromatic carbocycles. The standard InChI is InChI=1S/C11H15N3O3S/c12-4-9-13-8(6-18-9)10(15)14-3-1-2-7(5-14)11(16)17/h6-7H,1-5,12H2,(H,16,17)/t7-/m0/s1. The number of carbonyl (C=O) groups is 2. The fourth-order valence-electron chi connectivity index (χ4n) is 2.03. The highest BCUT2D eigenvalue weighted by Crippen LogP contribution is 2.19. The Bertz CT molecular complexity index is 460. The second kappa shape index (κ2) is 5.45. The Morgan fingerprint density at radius 3 is 3.00 bits per heavy atom. The smallest absolute Gasteiger partial charge is 0.308 e. The summed E-state index contributed by atoms with van der Waals surface area (Å²) in [5, 5.41) is 11.4. The highest BCUT2D eigenvalue weighted by Gasteiger charge is 2.29. The molecule has 0 saturated carbocycles. The molecule has 0 spiro atoms. The number of rotatable bonds is 3. The van der Waals surface area contributed by atoms with Gasteiger partial charge in [-0.05, 0) is 12.8 Å². The quantitative estimate of drug-likeness (QED) is 0.834. The van der Waals surface area contributed by atoms with Crippen LogP contribution >= 0.6 is 11.3 Å². The van der Waals surface area contributed by atoms with Gasteiger partial charge in [0.1, 0.15) is 10.7 Å². The molecule has 1 amide bonds. The lowest BCUT2D eigenvalue weighted by atomic mass is 9.98. The summed E-state index contributed by atoms with van der Waals surface area (Å²) in [6, 6.07) is 0. The third kappa shape index (κ3) is 2.68. The summed E-state index contributed by atoms with van der Waals surface area (Å²) < 4.78 is 0. The molecular weight excluding hydrogens is 254 g/mol. The summed E-state index contributed by atoms with van der Waals surface area (Å²) >= 11 is 1.35. The number of aliphatic carboxylic acids is 1. The zero-order chi connectivity index (χ0) is 13.1. The van der Waals surface area contributed by atoms with Crippen LogP contribution in [0, 0.1) is 5.92 Å². The molecule has 7 heteroatoms. The first-order chi connectivity index (χ1) is 8.61. The Labute approximate surface area is 108 Å². The number of amides is 1. The molecule has 1 saturated heterocycles. The van der Waals surface area contributed by atoms with Crippen molar-refractivity contribution in [3.63, 3.8) is 0 Å². The number of hydrogen-bond acceptors (Lipinski definition) is 5. The van der Waals surface area contributed by atoms with Crippen molar-refractivity contribution in [3.05, 3.63) is 16.1 Å². The third-order valence-corrected chi connectivity index (χ3v) is 3.87. The molecule has 1 aromatic rings. The maximum atomic E-state index is 12.1. The summed E-state index contributed by atoms with van der Waals surface area (Å²) in [4.78, 5) is 28.8. The molecule has 0 aliphatic carbocycles. The van der Waals surface area contributed by atoms with Crippen molar-refractivity contribution in [1.82, 2.24) is 9.88 Å². The summed E-state index contributed by atoms with van der Waals surface area (Å²) in [7, 11) is 0. The van der Waals surface area contributed by atoms with Crippen molar-refractivity contribution < 1.29 is 14.7 Å². The van der Waals surface area contributed by atoms with Crippen molar-refractivity contribution in [2.45, 2.75) is 19.4 Å². The Balaban J connectivity index is 2.06. The van der Waals surface area contributed by atoms with Gasteiger partial charge in [-0.1, -0.05) is 0 Å². The van der Waals surface area contributed by atoms with E-state index in [0.717, 1.165) is 6.42 Å². The lowest BCUT2D eigenvalue weighted by Crippen LogP contribution is -2.42. The molecule has 3 N–H and O–H groups in total. The number of carbonyl (C=O) groups excluding carboxylic acids is 1. The number of thiazole rings is 1. The number of likely N-dealkylation sites (tertiary alicyclic amines) is 1. The highest BCUT2D eigenvalue weighted by molar-refractivity contribution is 7.09. The van der Waals surface area contributed by atoms with Crippen molar-refractivity contribution in [3.8, 4) is 0 Å². The van der Waals surface area contributed by atoms with E-state index >= 15 is 0 Å². The van der Waals surface area contributed by atoms with Crippen LogP contribution < -0.4 is 5.73 Å². The number of nitrogens with two attached hydrogens (primary N) is 1. The maximum Gasteiger partial charge on any atom is 0.308 e. The molecule has 1 aliphatic heterocycles. The average Bonchev–Trinajstić information content (AvgIpc) is 2.86. The SMILES string of the molecule is NCc1nc(C(=O)N2CCC[C@H](C(=O)O)C2)cs1. The van der Waals surface area contributed by atoms with Gasteiger partial charge in [0.2, 0.25) is 0 Å². The van der Waals surface area contributed by atoms with Crippen molar-refractivity contribution in [2.75, 3.05) is 13.1 Å². The predicted octanol–water partition coefficient (Wildman–Crippen LogP) is 0.539. The van der Waals surface area contributed by atoms with Crippen LogP contribution in [0.2, 0.25) is 0 Å². The molecule has 1 aromatic heterocycles. The average molecular weight is 269 g/mol. The van der Waals surface area contributed by atoms with E-state index in [1.54, 1.807) is 10.3 Å². The number of nitrogens with zero attached hydrogens (tertiary/aromatic N) is 2. The summed E-state index contributed by atoms with van der Waals surface area (Å²) in [6.07, 6.45) is 1.35. The van der Waals surface area contributed by atoms with Crippen LogP contribution in [0.1, 0.15) is 28.3 Å². The number of piperidine rings is 1. The van der Waals surface area contributed by atoms with Crippen molar-refractivity contribution in [1.29, 1.82) is 0 Å². The Morgan fingerprint density at radius 2 is 2.39 bits per heavy atom. The van der Waals surface area contributed by atoms with Gasteiger partial charge >= 0.3 is 5.97 Å². The number of carboxylic acids is 1. The van der Waals surface area contributed by atoms with Gasteiger partial charge in [-0.3, -0.25) is 9.59 Å². The van der Waals surface area contributed by atoms with E-state index in [9.17, 15) is 9.59 Å². The molecule has 1 atom stereocenters. The Hall–Kier alpha value is -1.47. The second-order valence-electron chi connectivity index (χ2n) is 4.26. The van der Waals surface area contributed by atoms with E-state index < -0.39 is 11.9 Å². The fraction of sp³-hybridized carbons (Fsp3) is 0.545. The van der Waals surface area contributed by atoms with E-state index in [1.165, 1.54) is 11.3 Å². The molecule has 0 radical (unpaired) electrons. The van der Waals surface area contributed by atoms with Gasteiger partial charge in [0.25, 0.3) is 5.91 Å². The molecule has 2 rings (SSSR count). The Morgan fingerprint density at radius 1 is 1.61 bits per heavy atom. The van der Waals surface area contributed by atoms with Crippen LogP contribution in [0.5, 0.6) is 0 Å². The van der Waals surface area contributed by atoms with E-state index in [0.29, 0.717) is 30.2 Å². The largest absolute Gasteiger partial charge is 0.481 e. The minimum atomic E-state index is -0.839. The lowest BCUT2D eigenvalue weighted by Gasteiger charge is -2.30. The normalized spacial score (nSPS) is 19.8. The molecule has 1 aliphatic rings. The zero-order valence-corrected chi connectivity index (χ0v) is 10.7. The molecule has 1 fully saturated rings. The van der Waals surface area contributed by atoms with Crippen LogP contribution in [0.3, 0.4) is 0 Å². The van der Waals surface area contributed by atoms with Gasteiger partial charge < -0.3 is 15.7 Å². The van der Waals surface area contributed by atoms with Crippen LogP contribution in [0.4, 0.5) is 0 Å². The molecule has 0 bridgehead atoms. The predicted molar refractivity (Wildman–Crippen MR) is 66.3 cm³/mol. The maximum absolute atomic E-state index is 12.1. The van der Waals surface area contributed by atoms with E-state index in [1.807, 2.05) is 0 Å². The number of hydrogen-bond donors (Lipinski definition) is 2. The topological polar surface area (TPSA) is 96.5 Å². The fourth-order valence-corrected chi connectivity index (χ4v) is 2.68. The van der Waals surface area contributed by atoms with Crippen molar-refractivity contribution >= 4 is 23.2 Å². The third-order valence-electron chi connectivity index (χ3n) is 3.00. The Kier molecular flexibility index (Phi) is 3.93. The highest BCUT2D eigenvalue weighted by atomic mass is 32.1. The van der Waals surface area contributed by atoms with Gasteiger partial charge in [0, 0.05) is 25.0 Å². The molecule has 0 unspecified atom stereocenters. The first-order valence-electron chi connectivity index (χ1n) is 5.78. The van der Waals surface area contributed by atoms with E-state index in [-0.39, 0.29) is 12.5 Å². The van der Waals surface area contributed by atoms with Gasteiger partial charge in [-0.2, -0.15) is 0 Å². The van der Waals surface area contributed by atoms with Crippen LogP contribution in [0.25, 0.3) is 0 Å². The van der Waals surface area contributed by atoms with Gasteiger partial charge in [-0.15, -0.1) is 11.3 Å². The zero-order valence-electron chi connectivity index (χ0n) is 9.83. The first kappa shape index (κ1) is 13.0. The second-order valence-corrected chi connectivity index (χ2v) is 5.20. The first-order valence-corrected chi connectivity index (χ1v) is 6.66. The monoisotopic (exact) mass is 269 g/mol.